The summed E-state index contributed by atoms with van der Waals surface area (Å²) in [7, 11) is 0. The fourth-order valence-corrected chi connectivity index (χ4v) is 5.41. The maximum absolute atomic E-state index is 13.6. The number of rotatable bonds is 10. The fraction of sp³-hybridized carbons (Fsp3) is 0.290. The molecular weight excluding hydrogens is 496 g/mol. The third-order valence-corrected chi connectivity index (χ3v) is 7.32. The van der Waals surface area contributed by atoms with Crippen LogP contribution in [0.15, 0.2) is 78.9 Å². The zero-order chi connectivity index (χ0) is 25.8. The van der Waals surface area contributed by atoms with E-state index in [2.05, 4.69) is 53.3 Å². The minimum absolute atomic E-state index is 0. The molecule has 2 N–H and O–H groups in total. The van der Waals surface area contributed by atoms with Gasteiger partial charge in [-0.2, -0.15) is 0 Å². The van der Waals surface area contributed by atoms with Crippen LogP contribution in [0.2, 0.25) is 0 Å². The Morgan fingerprint density at radius 3 is 2.39 bits per heavy atom. The van der Waals surface area contributed by atoms with Gasteiger partial charge in [-0.3, -0.25) is 9.59 Å². The van der Waals surface area contributed by atoms with Gasteiger partial charge in [-0.1, -0.05) is 80.6 Å². The molecule has 0 aliphatic carbocycles. The first-order chi connectivity index (χ1) is 18.1. The predicted molar refractivity (Wildman–Crippen MR) is 156 cm³/mol. The molecule has 0 saturated carbocycles. The number of carbonyl (C=O) groups excluding carboxylic acids is 2. The summed E-state index contributed by atoms with van der Waals surface area (Å²) in [5, 5.41) is 4.10. The molecule has 198 valence electrons. The van der Waals surface area contributed by atoms with Gasteiger partial charge in [0.25, 0.3) is 5.91 Å². The van der Waals surface area contributed by atoms with Crippen LogP contribution in [-0.2, 0) is 4.79 Å². The van der Waals surface area contributed by atoms with Crippen LogP contribution in [0.5, 0.6) is 0 Å². The number of nitrogens with one attached hydrogen (secondary N) is 2. The van der Waals surface area contributed by atoms with Crippen molar-refractivity contribution >= 4 is 35.1 Å². The largest absolute Gasteiger partial charge is 0.355 e. The Balaban J connectivity index is 0.00000336. The third-order valence-electron chi connectivity index (χ3n) is 7.32. The number of H-pyrrole nitrogens is 1. The minimum atomic E-state index is -0.364. The highest BCUT2D eigenvalue weighted by molar-refractivity contribution is 6.03. The number of hydrogen-bond donors (Lipinski definition) is 2. The van der Waals surface area contributed by atoms with Gasteiger partial charge in [0.1, 0.15) is 6.54 Å². The molecule has 0 spiro atoms. The quantitative estimate of drug-likeness (QED) is 0.260. The average Bonchev–Trinajstić information content (AvgIpc) is 3.44. The van der Waals surface area contributed by atoms with Crippen LogP contribution < -0.4 is 5.32 Å². The molecule has 6 nitrogen and oxygen atoms in total. The summed E-state index contributed by atoms with van der Waals surface area (Å²) in [6.07, 6.45) is 0.881. The van der Waals surface area contributed by atoms with Crippen LogP contribution >= 0.6 is 12.4 Å². The van der Waals surface area contributed by atoms with Gasteiger partial charge in [0.2, 0.25) is 5.91 Å². The van der Waals surface area contributed by atoms with Crippen molar-refractivity contribution in [3.63, 3.8) is 0 Å². The van der Waals surface area contributed by atoms with E-state index in [1.165, 1.54) is 0 Å². The van der Waals surface area contributed by atoms with Crippen LogP contribution in [0, 0.1) is 0 Å². The zero-order valence-electron chi connectivity index (χ0n) is 21.9. The number of hydrogen-bond acceptors (Lipinski definition) is 3. The summed E-state index contributed by atoms with van der Waals surface area (Å²) in [5.74, 6) is -0.241. The highest BCUT2D eigenvalue weighted by atomic mass is 35.5. The van der Waals surface area contributed by atoms with Gasteiger partial charge < -0.3 is 20.1 Å². The van der Waals surface area contributed by atoms with Crippen molar-refractivity contribution < 1.29 is 9.59 Å². The molecule has 38 heavy (non-hydrogen) atoms. The number of fused-ring (bicyclic) bond motifs is 2. The van der Waals surface area contributed by atoms with E-state index in [9.17, 15) is 9.59 Å². The number of aromatic nitrogens is 1. The molecule has 1 atom stereocenters. The molecule has 0 saturated heterocycles. The lowest BCUT2D eigenvalue weighted by Gasteiger charge is -2.26. The molecule has 0 fully saturated rings. The van der Waals surface area contributed by atoms with Crippen molar-refractivity contribution in [1.29, 1.82) is 0 Å². The average molecular weight is 531 g/mol. The molecule has 4 aromatic rings. The SMILES string of the molecule is CCN(CC)CCCNC(=O)CN1C(=O)c2ccccc2C1c1c(-c2ccccc2)[nH]c2ccccc12.Cl. The Hall–Kier alpha value is -3.61. The van der Waals surface area contributed by atoms with Crippen molar-refractivity contribution in [2.45, 2.75) is 26.3 Å². The van der Waals surface area contributed by atoms with Gasteiger partial charge in [0, 0.05) is 28.6 Å². The van der Waals surface area contributed by atoms with Crippen molar-refractivity contribution in [2.24, 2.45) is 0 Å². The lowest BCUT2D eigenvalue weighted by Crippen LogP contribution is -2.40. The molecule has 1 aliphatic rings. The second-order valence-corrected chi connectivity index (χ2v) is 9.48. The molecule has 2 heterocycles. The summed E-state index contributed by atoms with van der Waals surface area (Å²) in [5.41, 5.74) is 5.64. The van der Waals surface area contributed by atoms with Crippen LogP contribution in [-0.4, -0.2) is 59.3 Å². The normalized spacial score (nSPS) is 14.6. The minimum Gasteiger partial charge on any atom is -0.355 e. The lowest BCUT2D eigenvalue weighted by atomic mass is 9.93. The van der Waals surface area contributed by atoms with E-state index in [1.807, 2.05) is 54.6 Å². The molecule has 5 rings (SSSR count). The Kier molecular flexibility index (Phi) is 8.87. The summed E-state index contributed by atoms with van der Waals surface area (Å²) < 4.78 is 0. The summed E-state index contributed by atoms with van der Waals surface area (Å²) in [4.78, 5) is 34.4. The van der Waals surface area contributed by atoms with Crippen LogP contribution in [0.1, 0.15) is 47.8 Å². The fourth-order valence-electron chi connectivity index (χ4n) is 5.41. The first-order valence-electron chi connectivity index (χ1n) is 13.2. The lowest BCUT2D eigenvalue weighted by molar-refractivity contribution is -0.122. The van der Waals surface area contributed by atoms with Gasteiger partial charge >= 0.3 is 0 Å². The van der Waals surface area contributed by atoms with Crippen molar-refractivity contribution in [3.8, 4) is 11.3 Å². The zero-order valence-corrected chi connectivity index (χ0v) is 22.8. The molecule has 1 aromatic heterocycles. The summed E-state index contributed by atoms with van der Waals surface area (Å²) >= 11 is 0. The van der Waals surface area contributed by atoms with E-state index in [4.69, 9.17) is 0 Å². The van der Waals surface area contributed by atoms with Gasteiger partial charge in [-0.15, -0.1) is 12.4 Å². The second-order valence-electron chi connectivity index (χ2n) is 9.48. The molecule has 0 bridgehead atoms. The van der Waals surface area contributed by atoms with Crippen LogP contribution in [0.25, 0.3) is 22.2 Å². The van der Waals surface area contributed by atoms with E-state index in [0.717, 1.165) is 59.3 Å². The number of halogens is 1. The number of para-hydroxylation sites is 1. The molecular formula is C31H35ClN4O2. The van der Waals surface area contributed by atoms with Crippen molar-refractivity contribution in [1.82, 2.24) is 20.1 Å². The first kappa shape index (κ1) is 27.4. The number of amides is 2. The molecule has 0 radical (unpaired) electrons. The molecule has 7 heteroatoms. The van der Waals surface area contributed by atoms with E-state index in [0.29, 0.717) is 12.1 Å². The highest BCUT2D eigenvalue weighted by Crippen LogP contribution is 2.45. The van der Waals surface area contributed by atoms with E-state index in [1.54, 1.807) is 4.90 Å². The molecule has 2 amide bonds. The summed E-state index contributed by atoms with van der Waals surface area (Å²) in [6, 6.07) is 25.7. The highest BCUT2D eigenvalue weighted by Gasteiger charge is 2.40. The number of carbonyl (C=O) groups is 2. The van der Waals surface area contributed by atoms with Gasteiger partial charge in [-0.05, 0) is 49.3 Å². The number of nitrogens with zero attached hydrogens (tertiary/aromatic N) is 2. The molecule has 1 aliphatic heterocycles. The first-order valence-corrected chi connectivity index (χ1v) is 13.2. The predicted octanol–water partition coefficient (Wildman–Crippen LogP) is 5.65. The van der Waals surface area contributed by atoms with E-state index < -0.39 is 0 Å². The smallest absolute Gasteiger partial charge is 0.255 e. The molecule has 3 aromatic carbocycles. The van der Waals surface area contributed by atoms with Crippen LogP contribution in [0.4, 0.5) is 0 Å². The Morgan fingerprint density at radius 2 is 1.63 bits per heavy atom. The van der Waals surface area contributed by atoms with Crippen LogP contribution in [0.3, 0.4) is 0 Å². The van der Waals surface area contributed by atoms with Gasteiger partial charge in [-0.25, -0.2) is 0 Å². The van der Waals surface area contributed by atoms with Crippen molar-refractivity contribution in [3.05, 3.63) is 95.6 Å². The van der Waals surface area contributed by atoms with E-state index >= 15 is 0 Å². The van der Waals surface area contributed by atoms with Crippen molar-refractivity contribution in [2.75, 3.05) is 32.7 Å². The standard InChI is InChI=1S/C31H34N4O2.ClH/c1-3-34(4-2)20-12-19-32-27(36)21-35-30(23-15-8-9-16-24(23)31(35)37)28-25-17-10-11-18-26(25)33-29(28)22-13-6-5-7-14-22;/h5-11,13-18,30,33H,3-4,12,19-21H2,1-2H3,(H,32,36);1H. The topological polar surface area (TPSA) is 68.4 Å². The Morgan fingerprint density at radius 1 is 0.947 bits per heavy atom. The monoisotopic (exact) mass is 530 g/mol. The molecule has 1 unspecified atom stereocenters. The summed E-state index contributed by atoms with van der Waals surface area (Å²) in [6.45, 7) is 7.84. The van der Waals surface area contributed by atoms with E-state index in [-0.39, 0.29) is 36.8 Å². The maximum Gasteiger partial charge on any atom is 0.255 e. The Labute approximate surface area is 230 Å². The number of benzene rings is 3. The third kappa shape index (κ3) is 5.33. The maximum atomic E-state index is 13.6. The van der Waals surface area contributed by atoms with Gasteiger partial charge in [0.15, 0.2) is 0 Å². The number of aromatic amines is 1. The second kappa shape index (κ2) is 12.3. The van der Waals surface area contributed by atoms with Gasteiger partial charge in [0.05, 0.1) is 11.7 Å². The Bertz CT molecular complexity index is 1400.